The Labute approximate surface area is 150 Å². The van der Waals surface area contributed by atoms with Gasteiger partial charge in [0.25, 0.3) is 0 Å². The van der Waals surface area contributed by atoms with Gasteiger partial charge in [0.15, 0.2) is 15.0 Å². The zero-order valence-electron chi connectivity index (χ0n) is 13.9. The van der Waals surface area contributed by atoms with Gasteiger partial charge in [0.2, 0.25) is 0 Å². The van der Waals surface area contributed by atoms with E-state index in [4.69, 9.17) is 4.74 Å². The van der Waals surface area contributed by atoms with Crippen molar-refractivity contribution in [3.05, 3.63) is 35.9 Å². The average Bonchev–Trinajstić information content (AvgIpc) is 3.11. The first kappa shape index (κ1) is 18.2. The third-order valence-corrected chi connectivity index (χ3v) is 6.94. The largest absolute Gasteiger partial charge is 0.494 e. The van der Waals surface area contributed by atoms with Crippen molar-refractivity contribution in [3.8, 4) is 5.75 Å². The maximum absolute atomic E-state index is 12.8. The van der Waals surface area contributed by atoms with Gasteiger partial charge < -0.3 is 9.30 Å². The molecule has 0 amide bonds. The molecule has 1 aromatic heterocycles. The highest BCUT2D eigenvalue weighted by molar-refractivity contribution is 7.99. The van der Waals surface area contributed by atoms with E-state index in [0.717, 1.165) is 23.2 Å². The summed E-state index contributed by atoms with van der Waals surface area (Å²) in [6.07, 6.45) is 1.42. The molecule has 0 bridgehead atoms. The van der Waals surface area contributed by atoms with Gasteiger partial charge in [0, 0.05) is 18.7 Å². The fourth-order valence-corrected chi connectivity index (χ4v) is 5.32. The lowest BCUT2D eigenvalue weighted by molar-refractivity contribution is 0.318. The van der Waals surface area contributed by atoms with Crippen LogP contribution >= 0.6 is 11.8 Å². The Morgan fingerprint density at radius 3 is 2.76 bits per heavy atom. The minimum Gasteiger partial charge on any atom is -0.494 e. The lowest BCUT2D eigenvalue weighted by atomic mass is 10.1. The van der Waals surface area contributed by atoms with Crippen LogP contribution in [0.25, 0.3) is 0 Å². The summed E-state index contributed by atoms with van der Waals surface area (Å²) in [7, 11) is -1.06. The fraction of sp³-hybridized carbons (Fsp3) is 0.500. The number of rotatable bonds is 7. The molecule has 2 heterocycles. The van der Waals surface area contributed by atoms with E-state index in [0.29, 0.717) is 18.8 Å². The summed E-state index contributed by atoms with van der Waals surface area (Å²) in [6, 6.07) is 5.95. The monoisotopic (exact) mass is 385 g/mol. The topological polar surface area (TPSA) is 74.1 Å². The van der Waals surface area contributed by atoms with Gasteiger partial charge in [-0.05, 0) is 37.1 Å². The number of hydrogen-bond donors (Lipinski definition) is 0. The number of nitrogens with zero attached hydrogens (tertiary/aromatic N) is 3. The van der Waals surface area contributed by atoms with Crippen molar-refractivity contribution in [1.82, 2.24) is 14.8 Å². The summed E-state index contributed by atoms with van der Waals surface area (Å²) < 4.78 is 43.5. The molecule has 25 heavy (non-hydrogen) atoms. The molecule has 0 radical (unpaired) electrons. The van der Waals surface area contributed by atoms with Crippen LogP contribution in [0.2, 0.25) is 0 Å². The Hall–Kier alpha value is -1.61. The summed E-state index contributed by atoms with van der Waals surface area (Å²) in [6.45, 7) is 0.532. The molecule has 1 aliphatic rings. The normalized spacial score (nSPS) is 19.2. The second-order valence-corrected chi connectivity index (χ2v) is 9.29. The molecule has 9 heteroatoms. The molecular formula is C16H20FN3O3S2. The molecule has 0 aliphatic carbocycles. The summed E-state index contributed by atoms with van der Waals surface area (Å²) >= 11 is 1.56. The minimum atomic E-state index is -2.93. The lowest BCUT2D eigenvalue weighted by Gasteiger charge is -2.08. The predicted octanol–water partition coefficient (Wildman–Crippen LogP) is 2.42. The SMILES string of the molecule is Cn1c(SCCCOc2ccc(F)cc2)nnc1C1CCS(=O)(=O)C1. The number of halogens is 1. The molecule has 1 atom stereocenters. The maximum atomic E-state index is 12.8. The van der Waals surface area contributed by atoms with Crippen molar-refractivity contribution in [3.63, 3.8) is 0 Å². The Morgan fingerprint density at radius 1 is 1.32 bits per heavy atom. The van der Waals surface area contributed by atoms with Crippen LogP contribution in [0, 0.1) is 5.82 Å². The molecule has 1 fully saturated rings. The van der Waals surface area contributed by atoms with Crippen LogP contribution < -0.4 is 4.74 Å². The number of hydrogen-bond acceptors (Lipinski definition) is 6. The van der Waals surface area contributed by atoms with E-state index in [-0.39, 0.29) is 23.2 Å². The van der Waals surface area contributed by atoms with E-state index in [9.17, 15) is 12.8 Å². The Morgan fingerprint density at radius 2 is 2.08 bits per heavy atom. The molecule has 1 aromatic carbocycles. The smallest absolute Gasteiger partial charge is 0.190 e. The zero-order chi connectivity index (χ0) is 17.9. The van der Waals surface area contributed by atoms with Crippen molar-refractivity contribution in [2.24, 2.45) is 7.05 Å². The van der Waals surface area contributed by atoms with Crippen LogP contribution in [0.5, 0.6) is 5.75 Å². The van der Waals surface area contributed by atoms with Gasteiger partial charge in [-0.3, -0.25) is 0 Å². The van der Waals surface area contributed by atoms with Crippen LogP contribution in [0.4, 0.5) is 4.39 Å². The number of aromatic nitrogens is 3. The van der Waals surface area contributed by atoms with Crippen LogP contribution in [-0.2, 0) is 16.9 Å². The Bertz CT molecular complexity index is 822. The molecule has 0 spiro atoms. The van der Waals surface area contributed by atoms with Gasteiger partial charge >= 0.3 is 0 Å². The van der Waals surface area contributed by atoms with Crippen molar-refractivity contribution in [2.45, 2.75) is 23.9 Å². The van der Waals surface area contributed by atoms with Crippen molar-refractivity contribution in [1.29, 1.82) is 0 Å². The number of ether oxygens (including phenoxy) is 1. The van der Waals surface area contributed by atoms with E-state index < -0.39 is 9.84 Å². The second-order valence-electron chi connectivity index (χ2n) is 6.00. The van der Waals surface area contributed by atoms with E-state index in [2.05, 4.69) is 10.2 Å². The van der Waals surface area contributed by atoms with Crippen LogP contribution in [-0.4, -0.2) is 47.0 Å². The predicted molar refractivity (Wildman–Crippen MR) is 94.3 cm³/mol. The van der Waals surface area contributed by atoms with Gasteiger partial charge in [-0.1, -0.05) is 11.8 Å². The quantitative estimate of drug-likeness (QED) is 0.538. The maximum Gasteiger partial charge on any atom is 0.190 e. The summed E-state index contributed by atoms with van der Waals surface area (Å²) in [4.78, 5) is 0. The first-order chi connectivity index (χ1) is 11.9. The molecule has 3 rings (SSSR count). The first-order valence-corrected chi connectivity index (χ1v) is 10.9. The molecule has 1 saturated heterocycles. The molecule has 6 nitrogen and oxygen atoms in total. The molecule has 0 saturated carbocycles. The summed E-state index contributed by atoms with van der Waals surface area (Å²) in [5.41, 5.74) is 0. The van der Waals surface area contributed by atoms with Gasteiger partial charge in [0.1, 0.15) is 17.4 Å². The van der Waals surface area contributed by atoms with Gasteiger partial charge in [-0.15, -0.1) is 10.2 Å². The second kappa shape index (κ2) is 7.74. The van der Waals surface area contributed by atoms with Gasteiger partial charge in [-0.25, -0.2) is 12.8 Å². The Kier molecular flexibility index (Phi) is 5.63. The molecule has 136 valence electrons. The molecule has 0 N–H and O–H groups in total. The summed E-state index contributed by atoms with van der Waals surface area (Å²) in [5, 5.41) is 9.13. The highest BCUT2D eigenvalue weighted by Gasteiger charge is 2.32. The number of sulfone groups is 1. The molecule has 2 aromatic rings. The van der Waals surface area contributed by atoms with Crippen LogP contribution in [0.1, 0.15) is 24.6 Å². The van der Waals surface area contributed by atoms with Crippen molar-refractivity contribution >= 4 is 21.6 Å². The third-order valence-electron chi connectivity index (χ3n) is 4.07. The van der Waals surface area contributed by atoms with E-state index in [1.165, 1.54) is 12.1 Å². The minimum absolute atomic E-state index is 0.0568. The molecule has 1 aliphatic heterocycles. The van der Waals surface area contributed by atoms with Gasteiger partial charge in [0.05, 0.1) is 18.1 Å². The number of benzene rings is 1. The average molecular weight is 385 g/mol. The molecule has 1 unspecified atom stereocenters. The van der Waals surface area contributed by atoms with Crippen molar-refractivity contribution < 1.29 is 17.5 Å². The zero-order valence-corrected chi connectivity index (χ0v) is 15.5. The number of thioether (sulfide) groups is 1. The van der Waals surface area contributed by atoms with E-state index in [1.807, 2.05) is 11.6 Å². The highest BCUT2D eigenvalue weighted by Crippen LogP contribution is 2.29. The van der Waals surface area contributed by atoms with Gasteiger partial charge in [-0.2, -0.15) is 0 Å². The Balaban J connectivity index is 1.45. The van der Waals surface area contributed by atoms with Crippen LogP contribution in [0.15, 0.2) is 29.4 Å². The standard InChI is InChI=1S/C16H20FN3O3S2/c1-20-15(12-7-10-25(21,22)11-12)18-19-16(20)24-9-2-8-23-14-5-3-13(17)4-6-14/h3-6,12H,2,7-11H2,1H3. The fourth-order valence-electron chi connectivity index (χ4n) is 2.75. The lowest BCUT2D eigenvalue weighted by Crippen LogP contribution is -2.09. The highest BCUT2D eigenvalue weighted by atomic mass is 32.2. The third kappa shape index (κ3) is 4.72. The van der Waals surface area contributed by atoms with E-state index in [1.54, 1.807) is 23.9 Å². The summed E-state index contributed by atoms with van der Waals surface area (Å²) in [5.74, 6) is 2.24. The first-order valence-electron chi connectivity index (χ1n) is 8.05. The molecular weight excluding hydrogens is 365 g/mol. The van der Waals surface area contributed by atoms with Crippen LogP contribution in [0.3, 0.4) is 0 Å². The van der Waals surface area contributed by atoms with E-state index >= 15 is 0 Å². The van der Waals surface area contributed by atoms with Crippen molar-refractivity contribution in [2.75, 3.05) is 23.9 Å².